The van der Waals surface area contributed by atoms with Gasteiger partial charge in [-0.3, -0.25) is 14.9 Å². The van der Waals surface area contributed by atoms with Crippen molar-refractivity contribution >= 4 is 44.6 Å². The van der Waals surface area contributed by atoms with Crippen molar-refractivity contribution in [2.45, 2.75) is 30.5 Å². The quantitative estimate of drug-likeness (QED) is 0.568. The van der Waals surface area contributed by atoms with E-state index >= 15 is 0 Å². The first-order chi connectivity index (χ1) is 9.60. The molecule has 0 aliphatic heterocycles. The van der Waals surface area contributed by atoms with Gasteiger partial charge in [0.25, 0.3) is 15.7 Å². The Morgan fingerprint density at radius 2 is 2.19 bits per heavy atom. The SMILES string of the molecule is CC[C@H](C)[C@H](NS(=O)(=O)c1cc([N+](=O)[O-])c(Cl)s1)C(=O)O. The molecule has 0 fully saturated rings. The maximum absolute atomic E-state index is 12.1. The largest absolute Gasteiger partial charge is 0.480 e. The van der Waals surface area contributed by atoms with Crippen LogP contribution in [0.1, 0.15) is 20.3 Å². The third-order valence-corrected chi connectivity index (χ3v) is 6.12. The summed E-state index contributed by atoms with van der Waals surface area (Å²) < 4.78 is 25.6. The van der Waals surface area contributed by atoms with Gasteiger partial charge in [-0.25, -0.2) is 8.42 Å². The number of nitro groups is 1. The summed E-state index contributed by atoms with van der Waals surface area (Å²) in [5.41, 5.74) is -0.530. The first-order valence-corrected chi connectivity index (χ1v) is 8.46. The van der Waals surface area contributed by atoms with E-state index in [9.17, 15) is 23.3 Å². The van der Waals surface area contributed by atoms with E-state index in [-0.39, 0.29) is 4.34 Å². The number of thiophene rings is 1. The highest BCUT2D eigenvalue weighted by molar-refractivity contribution is 7.91. The van der Waals surface area contributed by atoms with Gasteiger partial charge in [0.05, 0.1) is 4.92 Å². The lowest BCUT2D eigenvalue weighted by Gasteiger charge is -2.19. The Morgan fingerprint density at radius 1 is 1.62 bits per heavy atom. The van der Waals surface area contributed by atoms with E-state index in [1.54, 1.807) is 13.8 Å². The Kier molecular flexibility index (Phi) is 5.68. The minimum Gasteiger partial charge on any atom is -0.480 e. The van der Waals surface area contributed by atoms with Crippen LogP contribution in [0.4, 0.5) is 5.69 Å². The van der Waals surface area contributed by atoms with Crippen molar-refractivity contribution in [3.05, 3.63) is 20.5 Å². The normalized spacial score (nSPS) is 14.6. The Hall–Kier alpha value is -1.23. The smallest absolute Gasteiger partial charge is 0.322 e. The first-order valence-electron chi connectivity index (χ1n) is 5.79. The van der Waals surface area contributed by atoms with E-state index in [2.05, 4.69) is 0 Å². The van der Waals surface area contributed by atoms with Crippen molar-refractivity contribution in [3.8, 4) is 0 Å². The van der Waals surface area contributed by atoms with Gasteiger partial charge in [-0.2, -0.15) is 4.72 Å². The number of carbonyl (C=O) groups is 1. The van der Waals surface area contributed by atoms with Crippen LogP contribution in [0.3, 0.4) is 0 Å². The fourth-order valence-corrected chi connectivity index (χ4v) is 4.45. The zero-order valence-electron chi connectivity index (χ0n) is 11.1. The molecular formula is C10H13ClN2O6S2. The van der Waals surface area contributed by atoms with Crippen molar-refractivity contribution in [1.82, 2.24) is 4.72 Å². The third-order valence-electron chi connectivity index (χ3n) is 2.87. The number of hydrogen-bond acceptors (Lipinski definition) is 6. The second kappa shape index (κ2) is 6.69. The summed E-state index contributed by atoms with van der Waals surface area (Å²) in [6.45, 7) is 3.31. The highest BCUT2D eigenvalue weighted by atomic mass is 35.5. The molecule has 1 aromatic rings. The molecule has 0 saturated heterocycles. The van der Waals surface area contributed by atoms with Crippen LogP contribution in [0.25, 0.3) is 0 Å². The van der Waals surface area contributed by atoms with Crippen molar-refractivity contribution in [1.29, 1.82) is 0 Å². The van der Waals surface area contributed by atoms with Crippen molar-refractivity contribution in [2.24, 2.45) is 5.92 Å². The number of hydrogen-bond donors (Lipinski definition) is 2. The van der Waals surface area contributed by atoms with E-state index < -0.39 is 42.8 Å². The fraction of sp³-hybridized carbons (Fsp3) is 0.500. The van der Waals surface area contributed by atoms with Gasteiger partial charge < -0.3 is 5.11 Å². The topological polar surface area (TPSA) is 127 Å². The van der Waals surface area contributed by atoms with Crippen LogP contribution in [0.5, 0.6) is 0 Å². The maximum atomic E-state index is 12.1. The lowest BCUT2D eigenvalue weighted by Crippen LogP contribution is -2.44. The summed E-state index contributed by atoms with van der Waals surface area (Å²) in [6.07, 6.45) is 0.449. The second-order valence-electron chi connectivity index (χ2n) is 4.30. The van der Waals surface area contributed by atoms with Gasteiger partial charge in [-0.05, 0) is 5.92 Å². The standard InChI is InChI=1S/C10H13ClN2O6S2/c1-3-5(2)8(10(14)15)12-21(18,19)7-4-6(13(16)17)9(11)20-7/h4-5,8,12H,3H2,1-2H3,(H,14,15)/t5-,8-/m0/s1. The Bertz CT molecular complexity index is 657. The molecule has 0 unspecified atom stereocenters. The fourth-order valence-electron chi connectivity index (χ4n) is 1.47. The summed E-state index contributed by atoms with van der Waals surface area (Å²) in [4.78, 5) is 21.0. The molecule has 118 valence electrons. The molecule has 1 aromatic heterocycles. The molecule has 8 nitrogen and oxygen atoms in total. The van der Waals surface area contributed by atoms with Gasteiger partial charge in [-0.15, -0.1) is 11.3 Å². The Balaban J connectivity index is 3.13. The summed E-state index contributed by atoms with van der Waals surface area (Å²) in [5.74, 6) is -1.76. The van der Waals surface area contributed by atoms with Crippen LogP contribution >= 0.6 is 22.9 Å². The zero-order valence-corrected chi connectivity index (χ0v) is 13.5. The molecule has 11 heteroatoms. The van der Waals surface area contributed by atoms with Crippen molar-refractivity contribution < 1.29 is 23.2 Å². The lowest BCUT2D eigenvalue weighted by molar-refractivity contribution is -0.384. The predicted octanol–water partition coefficient (Wildman–Crippen LogP) is 2.09. The van der Waals surface area contributed by atoms with E-state index in [0.717, 1.165) is 6.07 Å². The van der Waals surface area contributed by atoms with Crippen LogP contribution in [0.2, 0.25) is 4.34 Å². The number of rotatable bonds is 7. The maximum Gasteiger partial charge on any atom is 0.322 e. The second-order valence-corrected chi connectivity index (χ2v) is 7.90. The summed E-state index contributed by atoms with van der Waals surface area (Å²) in [7, 11) is -4.20. The molecular weight excluding hydrogens is 344 g/mol. The van der Waals surface area contributed by atoms with E-state index in [0.29, 0.717) is 17.8 Å². The number of carboxylic acids is 1. The molecule has 0 bridgehead atoms. The van der Waals surface area contributed by atoms with Crippen LogP contribution in [-0.2, 0) is 14.8 Å². The monoisotopic (exact) mass is 356 g/mol. The summed E-state index contributed by atoms with van der Waals surface area (Å²) in [5, 5.41) is 19.7. The molecule has 0 aromatic carbocycles. The first kappa shape index (κ1) is 17.8. The predicted molar refractivity (Wildman–Crippen MR) is 77.2 cm³/mol. The van der Waals surface area contributed by atoms with Crippen LogP contribution < -0.4 is 4.72 Å². The molecule has 0 spiro atoms. The van der Waals surface area contributed by atoms with Gasteiger partial charge in [0.15, 0.2) is 4.34 Å². The van der Waals surface area contributed by atoms with Gasteiger partial charge >= 0.3 is 5.97 Å². The molecule has 0 aliphatic carbocycles. The van der Waals surface area contributed by atoms with Crippen LogP contribution in [0.15, 0.2) is 10.3 Å². The van der Waals surface area contributed by atoms with Gasteiger partial charge in [0.2, 0.25) is 0 Å². The highest BCUT2D eigenvalue weighted by Crippen LogP contribution is 2.36. The van der Waals surface area contributed by atoms with Crippen molar-refractivity contribution in [3.63, 3.8) is 0 Å². The Labute approximate surface area is 129 Å². The van der Waals surface area contributed by atoms with Crippen LogP contribution in [-0.4, -0.2) is 30.5 Å². The molecule has 0 amide bonds. The number of halogens is 1. The molecule has 1 rings (SSSR count). The van der Waals surface area contributed by atoms with Crippen LogP contribution in [0, 0.1) is 16.0 Å². The molecule has 21 heavy (non-hydrogen) atoms. The molecule has 1 heterocycles. The highest BCUT2D eigenvalue weighted by Gasteiger charge is 2.32. The van der Waals surface area contributed by atoms with Crippen molar-refractivity contribution in [2.75, 3.05) is 0 Å². The summed E-state index contributed by atoms with van der Waals surface area (Å²) >= 11 is 6.11. The average molecular weight is 357 g/mol. The van der Waals surface area contributed by atoms with E-state index in [1.807, 2.05) is 4.72 Å². The molecule has 2 N–H and O–H groups in total. The molecule has 0 radical (unpaired) electrons. The van der Waals surface area contributed by atoms with Gasteiger partial charge in [-0.1, -0.05) is 31.9 Å². The minimum absolute atomic E-state index is 0.282. The van der Waals surface area contributed by atoms with Gasteiger partial charge in [0, 0.05) is 6.07 Å². The molecule has 2 atom stereocenters. The number of carboxylic acid groups (broad SMARTS) is 1. The average Bonchev–Trinajstić information content (AvgIpc) is 2.78. The Morgan fingerprint density at radius 3 is 2.57 bits per heavy atom. The van der Waals surface area contributed by atoms with E-state index in [1.165, 1.54) is 0 Å². The lowest BCUT2D eigenvalue weighted by atomic mass is 10.0. The molecule has 0 saturated carbocycles. The number of sulfonamides is 1. The minimum atomic E-state index is -4.20. The van der Waals surface area contributed by atoms with Gasteiger partial charge in [0.1, 0.15) is 10.3 Å². The van der Waals surface area contributed by atoms with E-state index in [4.69, 9.17) is 16.7 Å². The number of nitrogens with one attached hydrogen (secondary N) is 1. The zero-order chi connectivity index (χ0) is 16.4. The third kappa shape index (κ3) is 4.13. The molecule has 0 aliphatic rings. The summed E-state index contributed by atoms with van der Waals surface area (Å²) in [6, 6.07) is -0.509. The number of aliphatic carboxylic acids is 1. The number of nitrogens with zero attached hydrogens (tertiary/aromatic N) is 1.